The molecule has 0 amide bonds. The van der Waals surface area contributed by atoms with Gasteiger partial charge in [-0.05, 0) is 32.1 Å². The van der Waals surface area contributed by atoms with Gasteiger partial charge < -0.3 is 9.80 Å². The molecule has 0 spiro atoms. The van der Waals surface area contributed by atoms with E-state index >= 15 is 0 Å². The van der Waals surface area contributed by atoms with Crippen molar-refractivity contribution in [2.45, 2.75) is 44.2 Å². The van der Waals surface area contributed by atoms with Crippen molar-refractivity contribution in [3.8, 4) is 0 Å². The molecule has 2 aliphatic rings. The fourth-order valence-electron chi connectivity index (χ4n) is 3.80. The molecule has 0 saturated carbocycles. The monoisotopic (exact) mass is 397 g/mol. The van der Waals surface area contributed by atoms with Gasteiger partial charge in [0.25, 0.3) is 0 Å². The second-order valence-electron chi connectivity index (χ2n) is 7.14. The summed E-state index contributed by atoms with van der Waals surface area (Å²) in [6, 6.07) is 2.01. The number of aromatic nitrogens is 3. The Hall–Kier alpha value is -1.90. The van der Waals surface area contributed by atoms with Gasteiger partial charge in [0.2, 0.25) is 0 Å². The van der Waals surface area contributed by atoms with Crippen molar-refractivity contribution in [3.63, 3.8) is 0 Å². The van der Waals surface area contributed by atoms with Gasteiger partial charge in [-0.15, -0.1) is 11.3 Å². The van der Waals surface area contributed by atoms with Gasteiger partial charge in [0, 0.05) is 43.5 Å². The Balaban J connectivity index is 1.49. The van der Waals surface area contributed by atoms with E-state index in [0.717, 1.165) is 60.8 Å². The highest BCUT2D eigenvalue weighted by molar-refractivity contribution is 7.09. The molecular weight excluding hydrogens is 375 g/mol. The summed E-state index contributed by atoms with van der Waals surface area (Å²) in [5, 5.41) is 1.69. The van der Waals surface area contributed by atoms with Crippen LogP contribution in [-0.4, -0.2) is 41.1 Å². The Morgan fingerprint density at radius 3 is 2.37 bits per heavy atom. The van der Waals surface area contributed by atoms with Crippen LogP contribution in [0.3, 0.4) is 0 Å². The zero-order chi connectivity index (χ0) is 18.9. The van der Waals surface area contributed by atoms with Crippen LogP contribution in [0.5, 0.6) is 0 Å². The quantitative estimate of drug-likeness (QED) is 0.772. The highest BCUT2D eigenvalue weighted by Crippen LogP contribution is 2.36. The zero-order valence-corrected chi connectivity index (χ0v) is 15.8. The molecule has 2 aromatic rings. The molecule has 2 saturated heterocycles. The Morgan fingerprint density at radius 2 is 1.67 bits per heavy atom. The number of anilines is 2. The third-order valence-corrected chi connectivity index (χ3v) is 6.23. The van der Waals surface area contributed by atoms with Gasteiger partial charge in [-0.25, -0.2) is 15.0 Å². The van der Waals surface area contributed by atoms with Crippen LogP contribution in [0.2, 0.25) is 0 Å². The summed E-state index contributed by atoms with van der Waals surface area (Å²) in [4.78, 5) is 17.1. The van der Waals surface area contributed by atoms with Crippen LogP contribution in [-0.2, 0) is 6.18 Å². The van der Waals surface area contributed by atoms with Crippen molar-refractivity contribution in [3.05, 3.63) is 28.5 Å². The zero-order valence-electron chi connectivity index (χ0n) is 15.0. The SMILES string of the molecule is FC(F)(F)c1csc(C2CCCN(c3cc(N4CCCCC4)ncn3)C2)n1. The minimum Gasteiger partial charge on any atom is -0.356 e. The van der Waals surface area contributed by atoms with E-state index in [1.54, 1.807) is 6.33 Å². The summed E-state index contributed by atoms with van der Waals surface area (Å²) in [6.07, 6.45) is 2.59. The van der Waals surface area contributed by atoms with Crippen LogP contribution < -0.4 is 9.80 Å². The maximum atomic E-state index is 12.8. The average molecular weight is 397 g/mol. The first-order valence-electron chi connectivity index (χ1n) is 9.35. The Bertz CT molecular complexity index is 772. The number of hydrogen-bond donors (Lipinski definition) is 0. The topological polar surface area (TPSA) is 45.2 Å². The second kappa shape index (κ2) is 7.61. The fraction of sp³-hybridized carbons (Fsp3) is 0.611. The molecule has 4 heterocycles. The molecule has 27 heavy (non-hydrogen) atoms. The number of alkyl halides is 3. The lowest BCUT2D eigenvalue weighted by atomic mass is 9.99. The summed E-state index contributed by atoms with van der Waals surface area (Å²) < 4.78 is 38.5. The average Bonchev–Trinajstić information content (AvgIpc) is 3.20. The molecule has 0 aliphatic carbocycles. The van der Waals surface area contributed by atoms with E-state index in [2.05, 4.69) is 24.8 Å². The fourth-order valence-corrected chi connectivity index (χ4v) is 4.75. The first-order valence-corrected chi connectivity index (χ1v) is 10.2. The molecule has 0 aromatic carbocycles. The molecular formula is C18H22F3N5S. The lowest BCUT2D eigenvalue weighted by molar-refractivity contribution is -0.140. The number of nitrogens with zero attached hydrogens (tertiary/aromatic N) is 5. The summed E-state index contributed by atoms with van der Waals surface area (Å²) >= 11 is 1.11. The minimum atomic E-state index is -4.38. The minimum absolute atomic E-state index is 0.00764. The molecule has 4 rings (SSSR count). The molecule has 146 valence electrons. The maximum absolute atomic E-state index is 12.8. The van der Waals surface area contributed by atoms with Gasteiger partial charge in [0.05, 0.1) is 5.01 Å². The van der Waals surface area contributed by atoms with Gasteiger partial charge in [-0.3, -0.25) is 0 Å². The second-order valence-corrected chi connectivity index (χ2v) is 8.03. The van der Waals surface area contributed by atoms with Crippen molar-refractivity contribution in [1.82, 2.24) is 15.0 Å². The van der Waals surface area contributed by atoms with E-state index in [9.17, 15) is 13.2 Å². The van der Waals surface area contributed by atoms with Crippen molar-refractivity contribution in [2.75, 3.05) is 36.0 Å². The third kappa shape index (κ3) is 4.17. The molecule has 2 fully saturated rings. The third-order valence-electron chi connectivity index (χ3n) is 5.23. The molecule has 0 bridgehead atoms. The molecule has 9 heteroatoms. The smallest absolute Gasteiger partial charge is 0.356 e. The van der Waals surface area contributed by atoms with E-state index in [-0.39, 0.29) is 5.92 Å². The lowest BCUT2D eigenvalue weighted by Gasteiger charge is -2.33. The predicted octanol–water partition coefficient (Wildman–Crippen LogP) is 4.33. The van der Waals surface area contributed by atoms with Gasteiger partial charge in [-0.1, -0.05) is 0 Å². The number of piperidine rings is 2. The standard InChI is InChI=1S/C18H22F3N5S/c19-18(20,21)14-11-27-17(24-14)13-5-4-8-26(10-13)16-9-15(22-12-23-16)25-6-2-1-3-7-25/h9,11-13H,1-8,10H2. The van der Waals surface area contributed by atoms with Gasteiger partial charge in [-0.2, -0.15) is 13.2 Å². The summed E-state index contributed by atoms with van der Waals surface area (Å²) in [6.45, 7) is 3.52. The number of rotatable bonds is 3. The Labute approximate surface area is 160 Å². The van der Waals surface area contributed by atoms with Gasteiger partial charge >= 0.3 is 6.18 Å². The van der Waals surface area contributed by atoms with Gasteiger partial charge in [0.1, 0.15) is 18.0 Å². The summed E-state index contributed by atoms with van der Waals surface area (Å²) in [7, 11) is 0. The van der Waals surface area contributed by atoms with Crippen LogP contribution in [0.15, 0.2) is 17.8 Å². The molecule has 0 N–H and O–H groups in total. The summed E-state index contributed by atoms with van der Waals surface area (Å²) in [5.74, 6) is 1.80. The van der Waals surface area contributed by atoms with Crippen LogP contribution in [0.25, 0.3) is 0 Å². The molecule has 0 radical (unpaired) electrons. The Kier molecular flexibility index (Phi) is 5.21. The molecule has 5 nitrogen and oxygen atoms in total. The number of halogens is 3. The summed E-state index contributed by atoms with van der Waals surface area (Å²) in [5.41, 5.74) is -0.783. The van der Waals surface area contributed by atoms with Crippen LogP contribution in [0, 0.1) is 0 Å². The highest BCUT2D eigenvalue weighted by Gasteiger charge is 2.35. The van der Waals surface area contributed by atoms with Crippen LogP contribution in [0.4, 0.5) is 24.8 Å². The van der Waals surface area contributed by atoms with Crippen molar-refractivity contribution in [2.24, 2.45) is 0 Å². The molecule has 1 unspecified atom stereocenters. The normalized spacial score (nSPS) is 21.5. The van der Waals surface area contributed by atoms with E-state index in [1.807, 2.05) is 6.07 Å². The molecule has 2 aliphatic heterocycles. The van der Waals surface area contributed by atoms with Crippen LogP contribution >= 0.6 is 11.3 Å². The number of hydrogen-bond acceptors (Lipinski definition) is 6. The highest BCUT2D eigenvalue weighted by atomic mass is 32.1. The van der Waals surface area contributed by atoms with Crippen molar-refractivity contribution < 1.29 is 13.2 Å². The first kappa shape index (κ1) is 18.5. The van der Waals surface area contributed by atoms with E-state index in [1.165, 1.54) is 19.3 Å². The molecule has 2 aromatic heterocycles. The maximum Gasteiger partial charge on any atom is 0.434 e. The van der Waals surface area contributed by atoms with Crippen LogP contribution in [0.1, 0.15) is 48.7 Å². The lowest BCUT2D eigenvalue weighted by Crippen LogP contribution is -2.35. The van der Waals surface area contributed by atoms with E-state index < -0.39 is 11.9 Å². The first-order chi connectivity index (χ1) is 13.0. The van der Waals surface area contributed by atoms with E-state index in [4.69, 9.17) is 0 Å². The van der Waals surface area contributed by atoms with Crippen molar-refractivity contribution in [1.29, 1.82) is 0 Å². The largest absolute Gasteiger partial charge is 0.434 e. The van der Waals surface area contributed by atoms with E-state index in [0.29, 0.717) is 11.6 Å². The predicted molar refractivity (Wildman–Crippen MR) is 99.4 cm³/mol. The van der Waals surface area contributed by atoms with Crippen molar-refractivity contribution >= 4 is 23.0 Å². The van der Waals surface area contributed by atoms with Gasteiger partial charge in [0.15, 0.2) is 5.69 Å². The molecule has 1 atom stereocenters. The number of thiazole rings is 1. The Morgan fingerprint density at radius 1 is 0.963 bits per heavy atom.